The Morgan fingerprint density at radius 1 is 1.41 bits per heavy atom. The number of carbonyl (C=O) groups excluding carboxylic acids is 1. The molecule has 1 aromatic heterocycles. The summed E-state index contributed by atoms with van der Waals surface area (Å²) in [5, 5.41) is 0. The Morgan fingerprint density at radius 2 is 2.12 bits per heavy atom. The molecule has 2 rings (SSSR count). The molecule has 0 N–H and O–H groups in total. The maximum atomic E-state index is 11.2. The van der Waals surface area contributed by atoms with E-state index in [2.05, 4.69) is 14.6 Å². The Bertz CT molecular complexity index is 423. The van der Waals surface area contributed by atoms with Crippen molar-refractivity contribution in [3.63, 3.8) is 0 Å². The fraction of sp³-hybridized carbons (Fsp3) is 0.455. The first-order valence-electron chi connectivity index (χ1n) is 5.35. The zero-order chi connectivity index (χ0) is 12.3. The van der Waals surface area contributed by atoms with Gasteiger partial charge >= 0.3 is 5.97 Å². The van der Waals surface area contributed by atoms with E-state index in [-0.39, 0.29) is 5.97 Å². The molecule has 1 fully saturated rings. The number of nitrogens with zero attached hydrogens (tertiary/aromatic N) is 2. The van der Waals surface area contributed by atoms with Gasteiger partial charge in [-0.05, 0) is 12.1 Å². The van der Waals surface area contributed by atoms with E-state index in [0.29, 0.717) is 17.1 Å². The lowest BCUT2D eigenvalue weighted by molar-refractivity contribution is 0.0600. The molecule has 92 valence electrons. The summed E-state index contributed by atoms with van der Waals surface area (Å²) in [6, 6.07) is 3.49. The van der Waals surface area contributed by atoms with Gasteiger partial charge in [0.15, 0.2) is 0 Å². The first-order valence-corrected chi connectivity index (χ1v) is 6.84. The number of carbonyl (C=O) groups is 1. The van der Waals surface area contributed by atoms with Crippen LogP contribution in [0.1, 0.15) is 10.4 Å². The molecule has 1 aliphatic heterocycles. The highest BCUT2D eigenvalue weighted by molar-refractivity contribution is 7.85. The van der Waals surface area contributed by atoms with Gasteiger partial charge in [0.2, 0.25) is 0 Å². The molecule has 0 bridgehead atoms. The number of hydrogen-bond donors (Lipinski definition) is 0. The summed E-state index contributed by atoms with van der Waals surface area (Å²) in [6.07, 6.45) is 1.51. The average Bonchev–Trinajstić information content (AvgIpc) is 2.39. The van der Waals surface area contributed by atoms with Gasteiger partial charge < -0.3 is 9.64 Å². The first kappa shape index (κ1) is 12.0. The van der Waals surface area contributed by atoms with Gasteiger partial charge in [0.1, 0.15) is 5.82 Å². The molecule has 1 saturated heterocycles. The average molecular weight is 254 g/mol. The zero-order valence-electron chi connectivity index (χ0n) is 9.59. The number of anilines is 1. The Morgan fingerprint density at radius 3 is 2.65 bits per heavy atom. The van der Waals surface area contributed by atoms with Gasteiger partial charge in [0, 0.05) is 41.6 Å². The fourth-order valence-electron chi connectivity index (χ4n) is 1.68. The number of methoxy groups -OCH3 is 1. The van der Waals surface area contributed by atoms with Crippen LogP contribution in [0, 0.1) is 0 Å². The van der Waals surface area contributed by atoms with Crippen LogP contribution in [0.15, 0.2) is 18.3 Å². The molecule has 6 heteroatoms. The summed E-state index contributed by atoms with van der Waals surface area (Å²) in [7, 11) is 0.652. The van der Waals surface area contributed by atoms with E-state index in [1.165, 1.54) is 13.3 Å². The number of pyridine rings is 1. The number of rotatable bonds is 2. The molecule has 0 spiro atoms. The highest BCUT2D eigenvalue weighted by Gasteiger charge is 2.16. The Labute approximate surface area is 102 Å². The molecule has 0 aliphatic carbocycles. The van der Waals surface area contributed by atoms with Gasteiger partial charge in [0.05, 0.1) is 12.7 Å². The predicted octanol–water partition coefficient (Wildman–Crippen LogP) is 0.437. The minimum absolute atomic E-state index is 0.385. The van der Waals surface area contributed by atoms with Crippen LogP contribution in [0.5, 0.6) is 0 Å². The largest absolute Gasteiger partial charge is 0.465 e. The summed E-state index contributed by atoms with van der Waals surface area (Å²) in [4.78, 5) is 17.5. The second-order valence-electron chi connectivity index (χ2n) is 3.73. The Kier molecular flexibility index (Phi) is 3.73. The lowest BCUT2D eigenvalue weighted by Crippen LogP contribution is -2.38. The minimum Gasteiger partial charge on any atom is -0.465 e. The van der Waals surface area contributed by atoms with Gasteiger partial charge in [-0.3, -0.25) is 4.21 Å². The highest BCUT2D eigenvalue weighted by Crippen LogP contribution is 2.14. The molecule has 5 nitrogen and oxygen atoms in total. The summed E-state index contributed by atoms with van der Waals surface area (Å²) in [5.41, 5.74) is 0.442. The normalized spacial score (nSPS) is 16.9. The van der Waals surface area contributed by atoms with E-state index >= 15 is 0 Å². The third-order valence-electron chi connectivity index (χ3n) is 2.67. The van der Waals surface area contributed by atoms with Crippen LogP contribution in [0.4, 0.5) is 5.82 Å². The number of hydrogen-bond acceptors (Lipinski definition) is 5. The maximum absolute atomic E-state index is 11.2. The predicted molar refractivity (Wildman–Crippen MR) is 65.7 cm³/mol. The fourth-order valence-corrected chi connectivity index (χ4v) is 2.73. The van der Waals surface area contributed by atoms with Crippen molar-refractivity contribution in [3.8, 4) is 0 Å². The second kappa shape index (κ2) is 5.27. The van der Waals surface area contributed by atoms with Crippen molar-refractivity contribution in [2.24, 2.45) is 0 Å². The van der Waals surface area contributed by atoms with Crippen LogP contribution in [-0.2, 0) is 15.5 Å². The number of aromatic nitrogens is 1. The molecule has 1 aliphatic rings. The first-order chi connectivity index (χ1) is 8.20. The smallest absolute Gasteiger partial charge is 0.339 e. The molecule has 0 unspecified atom stereocenters. The van der Waals surface area contributed by atoms with Gasteiger partial charge in [-0.1, -0.05) is 0 Å². The number of ether oxygens (including phenoxy) is 1. The standard InChI is InChI=1S/C11H14N2O3S/c1-16-11(14)9-2-3-10(12-8-9)13-4-6-17(15)7-5-13/h2-3,8H,4-7H2,1H3. The monoisotopic (exact) mass is 254 g/mol. The molecule has 2 heterocycles. The van der Waals surface area contributed by atoms with Crippen molar-refractivity contribution in [3.05, 3.63) is 23.9 Å². The van der Waals surface area contributed by atoms with Crippen LogP contribution in [0.25, 0.3) is 0 Å². The third-order valence-corrected chi connectivity index (χ3v) is 3.95. The van der Waals surface area contributed by atoms with Crippen LogP contribution in [0.3, 0.4) is 0 Å². The molecule has 0 amide bonds. The second-order valence-corrected chi connectivity index (χ2v) is 5.43. The van der Waals surface area contributed by atoms with Crippen molar-refractivity contribution >= 4 is 22.6 Å². The van der Waals surface area contributed by atoms with Crippen LogP contribution in [-0.4, -0.2) is 46.9 Å². The molecule has 17 heavy (non-hydrogen) atoms. The van der Waals surface area contributed by atoms with Crippen LogP contribution in [0.2, 0.25) is 0 Å². The highest BCUT2D eigenvalue weighted by atomic mass is 32.2. The van der Waals surface area contributed by atoms with Crippen molar-refractivity contribution in [1.82, 2.24) is 4.98 Å². The van der Waals surface area contributed by atoms with Gasteiger partial charge in [-0.2, -0.15) is 0 Å². The molecule has 0 aromatic carbocycles. The lowest BCUT2D eigenvalue weighted by Gasteiger charge is -2.27. The van der Waals surface area contributed by atoms with Crippen LogP contribution >= 0.6 is 0 Å². The van der Waals surface area contributed by atoms with Crippen LogP contribution < -0.4 is 4.90 Å². The Hall–Kier alpha value is -1.43. The molecule has 0 radical (unpaired) electrons. The van der Waals surface area contributed by atoms with Crippen molar-refractivity contribution in [2.75, 3.05) is 36.6 Å². The lowest BCUT2D eigenvalue weighted by atomic mass is 10.3. The quantitative estimate of drug-likeness (QED) is 0.717. The summed E-state index contributed by atoms with van der Waals surface area (Å²) >= 11 is 0. The maximum Gasteiger partial charge on any atom is 0.339 e. The summed E-state index contributed by atoms with van der Waals surface area (Å²) in [5.74, 6) is 1.79. The van der Waals surface area contributed by atoms with Crippen molar-refractivity contribution < 1.29 is 13.7 Å². The summed E-state index contributed by atoms with van der Waals surface area (Å²) in [6.45, 7) is 1.49. The van der Waals surface area contributed by atoms with E-state index in [4.69, 9.17) is 0 Å². The SMILES string of the molecule is COC(=O)c1ccc(N2CCS(=O)CC2)nc1. The van der Waals surface area contributed by atoms with E-state index in [9.17, 15) is 9.00 Å². The van der Waals surface area contributed by atoms with Gasteiger partial charge in [-0.15, -0.1) is 0 Å². The molecule has 0 atom stereocenters. The molecular formula is C11H14N2O3S. The third kappa shape index (κ3) is 2.82. The molecular weight excluding hydrogens is 240 g/mol. The van der Waals surface area contributed by atoms with E-state index in [1.807, 2.05) is 0 Å². The molecule has 0 saturated carbocycles. The topological polar surface area (TPSA) is 59.5 Å². The Balaban J connectivity index is 2.07. The van der Waals surface area contributed by atoms with E-state index in [0.717, 1.165) is 18.9 Å². The van der Waals surface area contributed by atoms with Crippen molar-refractivity contribution in [2.45, 2.75) is 0 Å². The zero-order valence-corrected chi connectivity index (χ0v) is 10.4. The number of esters is 1. The van der Waals surface area contributed by atoms with Gasteiger partial charge in [-0.25, -0.2) is 9.78 Å². The summed E-state index contributed by atoms with van der Waals surface area (Å²) < 4.78 is 15.8. The van der Waals surface area contributed by atoms with Crippen molar-refractivity contribution in [1.29, 1.82) is 0 Å². The van der Waals surface area contributed by atoms with E-state index in [1.54, 1.807) is 12.1 Å². The minimum atomic E-state index is -0.691. The molecule has 1 aromatic rings. The van der Waals surface area contributed by atoms with E-state index < -0.39 is 10.8 Å². The van der Waals surface area contributed by atoms with Gasteiger partial charge in [0.25, 0.3) is 0 Å².